The fraction of sp³-hybridized carbons (Fsp3) is 0.421. The summed E-state index contributed by atoms with van der Waals surface area (Å²) in [6.45, 7) is 5.87. The van der Waals surface area contributed by atoms with Crippen molar-refractivity contribution < 1.29 is 9.59 Å². The predicted octanol–water partition coefficient (Wildman–Crippen LogP) is 3.13. The minimum atomic E-state index is -0.0750. The van der Waals surface area contributed by atoms with Crippen molar-refractivity contribution in [1.29, 1.82) is 0 Å². The van der Waals surface area contributed by atoms with Crippen LogP contribution in [-0.4, -0.2) is 39.2 Å². The first-order valence-corrected chi connectivity index (χ1v) is 8.52. The molecule has 0 bridgehead atoms. The Morgan fingerprint density at radius 3 is 2.71 bits per heavy atom. The van der Waals surface area contributed by atoms with Crippen LogP contribution in [0.15, 0.2) is 36.7 Å². The van der Waals surface area contributed by atoms with E-state index >= 15 is 0 Å². The van der Waals surface area contributed by atoms with Gasteiger partial charge in [0, 0.05) is 43.5 Å². The summed E-state index contributed by atoms with van der Waals surface area (Å²) < 4.78 is 2.14. The lowest BCUT2D eigenvalue weighted by Gasteiger charge is -2.33. The Hall–Kier alpha value is -2.43. The number of benzene rings is 1. The molecule has 3 rings (SSSR count). The number of imidazole rings is 1. The van der Waals surface area contributed by atoms with Crippen LogP contribution in [0.2, 0.25) is 0 Å². The number of hydrogen-bond donors (Lipinski definition) is 0. The largest absolute Gasteiger partial charge is 0.338 e. The number of carbonyl (C=O) groups is 2. The molecule has 24 heavy (non-hydrogen) atoms. The highest BCUT2D eigenvalue weighted by Gasteiger charge is 2.29. The monoisotopic (exact) mass is 325 g/mol. The van der Waals surface area contributed by atoms with Crippen LogP contribution in [0.1, 0.15) is 59.1 Å². The van der Waals surface area contributed by atoms with Crippen molar-refractivity contribution >= 4 is 11.7 Å². The second-order valence-electron chi connectivity index (χ2n) is 6.26. The number of carbonyl (C=O) groups excluding carboxylic acids is 2. The topological polar surface area (TPSA) is 55.2 Å². The highest BCUT2D eigenvalue weighted by atomic mass is 16.2. The summed E-state index contributed by atoms with van der Waals surface area (Å²) >= 11 is 0. The van der Waals surface area contributed by atoms with Gasteiger partial charge in [0.2, 0.25) is 0 Å². The van der Waals surface area contributed by atoms with E-state index in [1.807, 2.05) is 23.4 Å². The summed E-state index contributed by atoms with van der Waals surface area (Å²) in [7, 11) is 0. The van der Waals surface area contributed by atoms with Crippen LogP contribution in [0.5, 0.6) is 0 Å². The second kappa shape index (κ2) is 6.99. The number of ketones is 1. The molecule has 0 N–H and O–H groups in total. The Morgan fingerprint density at radius 1 is 1.25 bits per heavy atom. The third kappa shape index (κ3) is 3.11. The molecular formula is C19H23N3O2. The second-order valence-corrected chi connectivity index (χ2v) is 6.26. The molecule has 0 spiro atoms. The van der Waals surface area contributed by atoms with Crippen molar-refractivity contribution in [3.8, 4) is 0 Å². The molecule has 0 saturated carbocycles. The molecule has 1 saturated heterocycles. The number of piperidine rings is 1. The van der Waals surface area contributed by atoms with Crippen molar-refractivity contribution in [3.63, 3.8) is 0 Å². The lowest BCUT2D eigenvalue weighted by atomic mass is 9.95. The van der Waals surface area contributed by atoms with E-state index in [-0.39, 0.29) is 17.6 Å². The molecule has 0 radical (unpaired) electrons. The summed E-state index contributed by atoms with van der Waals surface area (Å²) in [6.07, 6.45) is 5.80. The number of aromatic nitrogens is 2. The van der Waals surface area contributed by atoms with Gasteiger partial charge in [-0.2, -0.15) is 0 Å². The molecule has 2 aromatic rings. The minimum Gasteiger partial charge on any atom is -0.338 e. The Labute approximate surface area is 142 Å². The number of rotatable bonds is 4. The quantitative estimate of drug-likeness (QED) is 0.812. The van der Waals surface area contributed by atoms with Gasteiger partial charge in [-0.05, 0) is 32.8 Å². The van der Waals surface area contributed by atoms with Gasteiger partial charge in [0.1, 0.15) is 5.82 Å². The van der Waals surface area contributed by atoms with Crippen LogP contribution >= 0.6 is 0 Å². The smallest absolute Gasteiger partial charge is 0.254 e. The molecule has 1 aliphatic heterocycles. The summed E-state index contributed by atoms with van der Waals surface area (Å²) in [5.74, 6) is 1.17. The van der Waals surface area contributed by atoms with Crippen molar-refractivity contribution in [1.82, 2.24) is 14.5 Å². The zero-order chi connectivity index (χ0) is 17.1. The number of aryl methyl sites for hydroxylation is 1. The highest BCUT2D eigenvalue weighted by molar-refractivity contribution is 6.07. The van der Waals surface area contributed by atoms with E-state index in [1.54, 1.807) is 18.2 Å². The van der Waals surface area contributed by atoms with Crippen molar-refractivity contribution in [2.24, 2.45) is 0 Å². The van der Waals surface area contributed by atoms with E-state index in [0.29, 0.717) is 17.7 Å². The number of amides is 1. The van der Waals surface area contributed by atoms with Crippen LogP contribution in [0, 0.1) is 0 Å². The Balaban J connectivity index is 1.83. The zero-order valence-electron chi connectivity index (χ0n) is 14.2. The zero-order valence-corrected chi connectivity index (χ0v) is 14.2. The maximum Gasteiger partial charge on any atom is 0.254 e. The number of Topliss-reactive ketones (excluding diaryl/α,β-unsaturated/α-hetero) is 1. The van der Waals surface area contributed by atoms with Gasteiger partial charge in [0.15, 0.2) is 5.78 Å². The molecule has 1 amide bonds. The molecule has 1 aromatic heterocycles. The average Bonchev–Trinajstić information content (AvgIpc) is 3.10. The molecule has 0 aliphatic carbocycles. The summed E-state index contributed by atoms with van der Waals surface area (Å²) in [5.41, 5.74) is 1.00. The first-order chi connectivity index (χ1) is 11.6. The molecule has 1 fully saturated rings. The Morgan fingerprint density at radius 2 is 2.00 bits per heavy atom. The maximum atomic E-state index is 12.9. The molecule has 5 heteroatoms. The van der Waals surface area contributed by atoms with Crippen molar-refractivity contribution in [2.75, 3.05) is 13.1 Å². The first kappa shape index (κ1) is 16.4. The molecule has 5 nitrogen and oxygen atoms in total. The van der Waals surface area contributed by atoms with E-state index in [9.17, 15) is 9.59 Å². The minimum absolute atomic E-state index is 0.0555. The van der Waals surface area contributed by atoms with E-state index < -0.39 is 0 Å². The lowest BCUT2D eigenvalue weighted by molar-refractivity contribution is 0.0699. The van der Waals surface area contributed by atoms with Crippen LogP contribution in [0.3, 0.4) is 0 Å². The molecule has 1 atom stereocenters. The third-order valence-electron chi connectivity index (χ3n) is 4.70. The van der Waals surface area contributed by atoms with Gasteiger partial charge in [-0.3, -0.25) is 9.59 Å². The van der Waals surface area contributed by atoms with Crippen LogP contribution in [0.4, 0.5) is 0 Å². The first-order valence-electron chi connectivity index (χ1n) is 8.52. The van der Waals surface area contributed by atoms with Gasteiger partial charge in [-0.15, -0.1) is 0 Å². The van der Waals surface area contributed by atoms with Gasteiger partial charge in [0.05, 0.1) is 5.56 Å². The molecule has 1 aromatic carbocycles. The van der Waals surface area contributed by atoms with Crippen LogP contribution in [-0.2, 0) is 6.54 Å². The maximum absolute atomic E-state index is 12.9. The summed E-state index contributed by atoms with van der Waals surface area (Å²) in [5, 5.41) is 0. The molecular weight excluding hydrogens is 302 g/mol. The molecule has 0 unspecified atom stereocenters. The van der Waals surface area contributed by atoms with Crippen LogP contribution in [0.25, 0.3) is 0 Å². The number of hydrogen-bond acceptors (Lipinski definition) is 3. The van der Waals surface area contributed by atoms with Crippen molar-refractivity contribution in [3.05, 3.63) is 53.6 Å². The Bertz CT molecular complexity index is 751. The number of nitrogens with zero attached hydrogens (tertiary/aromatic N) is 3. The fourth-order valence-corrected chi connectivity index (χ4v) is 3.47. The van der Waals surface area contributed by atoms with E-state index in [1.165, 1.54) is 6.92 Å². The van der Waals surface area contributed by atoms with Gasteiger partial charge in [0.25, 0.3) is 5.91 Å². The van der Waals surface area contributed by atoms with E-state index in [0.717, 1.165) is 31.8 Å². The number of likely N-dealkylation sites (tertiary alicyclic amines) is 1. The normalized spacial score (nSPS) is 17.8. The Kier molecular flexibility index (Phi) is 4.79. The van der Waals surface area contributed by atoms with Gasteiger partial charge in [-0.25, -0.2) is 4.98 Å². The van der Waals surface area contributed by atoms with Gasteiger partial charge >= 0.3 is 0 Å². The van der Waals surface area contributed by atoms with Crippen molar-refractivity contribution in [2.45, 2.75) is 39.2 Å². The average molecular weight is 325 g/mol. The highest BCUT2D eigenvalue weighted by Crippen LogP contribution is 2.27. The van der Waals surface area contributed by atoms with E-state index in [4.69, 9.17) is 0 Å². The standard InChI is InChI=1S/C19H23N3O2/c1-3-21-12-10-20-18(21)15-7-6-11-22(13-15)19(24)17-9-5-4-8-16(17)14(2)23/h4-5,8-10,12,15H,3,6-7,11,13H2,1-2H3/t15-/m1/s1. The summed E-state index contributed by atoms with van der Waals surface area (Å²) in [4.78, 5) is 31.1. The van der Waals surface area contributed by atoms with Gasteiger partial charge in [-0.1, -0.05) is 18.2 Å². The molecule has 126 valence electrons. The van der Waals surface area contributed by atoms with E-state index in [2.05, 4.69) is 16.5 Å². The van der Waals surface area contributed by atoms with Crippen LogP contribution < -0.4 is 0 Å². The predicted molar refractivity (Wildman–Crippen MR) is 92.2 cm³/mol. The third-order valence-corrected chi connectivity index (χ3v) is 4.70. The molecule has 2 heterocycles. The molecule has 1 aliphatic rings. The summed E-state index contributed by atoms with van der Waals surface area (Å²) in [6, 6.07) is 7.08. The lowest BCUT2D eigenvalue weighted by Crippen LogP contribution is -2.40. The fourth-order valence-electron chi connectivity index (χ4n) is 3.47. The van der Waals surface area contributed by atoms with Gasteiger partial charge < -0.3 is 9.47 Å². The SMILES string of the molecule is CCn1ccnc1[C@@H]1CCCN(C(=O)c2ccccc2C(C)=O)C1.